The number of carbonyl (C=O) groups is 2. The summed E-state index contributed by atoms with van der Waals surface area (Å²) in [6.07, 6.45) is 0.636. The number of rotatable bonds is 2. The van der Waals surface area contributed by atoms with Gasteiger partial charge in [-0.25, -0.2) is 0 Å². The minimum Gasteiger partial charge on any atom is -0.465 e. The molecule has 0 aromatic heterocycles. The van der Waals surface area contributed by atoms with Crippen molar-refractivity contribution in [3.05, 3.63) is 0 Å². The van der Waals surface area contributed by atoms with Crippen LogP contribution >= 0.6 is 11.6 Å². The van der Waals surface area contributed by atoms with Crippen LogP contribution in [-0.2, 0) is 19.1 Å². The highest BCUT2D eigenvalue weighted by Crippen LogP contribution is 2.25. The third-order valence-corrected chi connectivity index (χ3v) is 2.10. The number of carbonyl (C=O) groups excluding carboxylic acids is 2. The molecule has 1 saturated heterocycles. The standard InChI is InChI=1S/C8H11ClO4/c1-8(13-7(11)5-9)2-3-12-6(10)4-8/h2-5H2,1H3. The van der Waals surface area contributed by atoms with Gasteiger partial charge in [-0.15, -0.1) is 11.6 Å². The lowest BCUT2D eigenvalue weighted by Crippen LogP contribution is -2.40. The van der Waals surface area contributed by atoms with Gasteiger partial charge >= 0.3 is 11.9 Å². The summed E-state index contributed by atoms with van der Waals surface area (Å²) in [4.78, 5) is 21.8. The first-order valence-electron chi connectivity index (χ1n) is 3.99. The molecular formula is C8H11ClO4. The van der Waals surface area contributed by atoms with Crippen LogP contribution in [0.2, 0.25) is 0 Å². The fraction of sp³-hybridized carbons (Fsp3) is 0.750. The van der Waals surface area contributed by atoms with Crippen molar-refractivity contribution in [3.63, 3.8) is 0 Å². The smallest absolute Gasteiger partial charge is 0.321 e. The van der Waals surface area contributed by atoms with Gasteiger partial charge in [-0.05, 0) is 6.92 Å². The molecule has 1 atom stereocenters. The SMILES string of the molecule is CC1(OC(=O)CCl)CCOC(=O)C1. The van der Waals surface area contributed by atoms with Crippen molar-refractivity contribution in [3.8, 4) is 0 Å². The highest BCUT2D eigenvalue weighted by molar-refractivity contribution is 6.26. The zero-order chi connectivity index (χ0) is 9.90. The summed E-state index contributed by atoms with van der Waals surface area (Å²) in [6.45, 7) is 2.00. The molecule has 0 bridgehead atoms. The molecule has 13 heavy (non-hydrogen) atoms. The molecular weight excluding hydrogens is 196 g/mol. The highest BCUT2D eigenvalue weighted by Gasteiger charge is 2.35. The fourth-order valence-electron chi connectivity index (χ4n) is 1.21. The first-order valence-corrected chi connectivity index (χ1v) is 4.53. The van der Waals surface area contributed by atoms with Gasteiger partial charge in [0, 0.05) is 6.42 Å². The number of ether oxygens (including phenoxy) is 2. The van der Waals surface area contributed by atoms with Crippen molar-refractivity contribution in [1.82, 2.24) is 0 Å². The van der Waals surface area contributed by atoms with Gasteiger partial charge < -0.3 is 9.47 Å². The number of halogens is 1. The summed E-state index contributed by atoms with van der Waals surface area (Å²) in [5, 5.41) is 0. The Bertz CT molecular complexity index is 228. The van der Waals surface area contributed by atoms with Crippen LogP contribution in [-0.4, -0.2) is 30.0 Å². The number of hydrogen-bond acceptors (Lipinski definition) is 4. The lowest BCUT2D eigenvalue weighted by atomic mass is 9.96. The van der Waals surface area contributed by atoms with Crippen molar-refractivity contribution in [2.75, 3.05) is 12.5 Å². The first kappa shape index (κ1) is 10.3. The minimum absolute atomic E-state index is 0.107. The molecule has 0 saturated carbocycles. The van der Waals surface area contributed by atoms with Crippen LogP contribution in [0, 0.1) is 0 Å². The Balaban J connectivity index is 2.53. The van der Waals surface area contributed by atoms with E-state index in [9.17, 15) is 9.59 Å². The summed E-state index contributed by atoms with van der Waals surface area (Å²) < 4.78 is 9.75. The Kier molecular flexibility index (Phi) is 3.14. The van der Waals surface area contributed by atoms with Crippen molar-refractivity contribution >= 4 is 23.5 Å². The van der Waals surface area contributed by atoms with Gasteiger partial charge in [0.2, 0.25) is 0 Å². The topological polar surface area (TPSA) is 52.6 Å². The number of esters is 2. The van der Waals surface area contributed by atoms with E-state index < -0.39 is 11.6 Å². The molecule has 0 spiro atoms. The second kappa shape index (κ2) is 3.96. The molecule has 1 unspecified atom stereocenters. The third-order valence-electron chi connectivity index (χ3n) is 1.88. The zero-order valence-electron chi connectivity index (χ0n) is 7.34. The quantitative estimate of drug-likeness (QED) is 0.497. The van der Waals surface area contributed by atoms with Crippen LogP contribution in [0.5, 0.6) is 0 Å². The first-order chi connectivity index (χ1) is 6.06. The predicted molar refractivity (Wildman–Crippen MR) is 45.4 cm³/mol. The Morgan fingerprint density at radius 2 is 2.46 bits per heavy atom. The van der Waals surface area contributed by atoms with Crippen LogP contribution < -0.4 is 0 Å². The van der Waals surface area contributed by atoms with Crippen molar-refractivity contribution < 1.29 is 19.1 Å². The summed E-state index contributed by atoms with van der Waals surface area (Å²) in [5.41, 5.74) is -0.735. The molecule has 4 nitrogen and oxygen atoms in total. The molecule has 0 N–H and O–H groups in total. The van der Waals surface area contributed by atoms with E-state index in [4.69, 9.17) is 21.1 Å². The Labute approximate surface area is 81.1 Å². The van der Waals surface area contributed by atoms with Gasteiger partial charge in [0.15, 0.2) is 0 Å². The van der Waals surface area contributed by atoms with Gasteiger partial charge in [-0.1, -0.05) is 0 Å². The monoisotopic (exact) mass is 206 g/mol. The predicted octanol–water partition coefficient (Wildman–Crippen LogP) is 0.864. The van der Waals surface area contributed by atoms with Crippen molar-refractivity contribution in [2.24, 2.45) is 0 Å². The summed E-state index contributed by atoms with van der Waals surface area (Å²) >= 11 is 5.28. The van der Waals surface area contributed by atoms with Crippen LogP contribution in [0.1, 0.15) is 19.8 Å². The van der Waals surface area contributed by atoms with E-state index in [0.29, 0.717) is 13.0 Å². The van der Waals surface area contributed by atoms with Crippen LogP contribution in [0.15, 0.2) is 0 Å². The van der Waals surface area contributed by atoms with E-state index in [1.165, 1.54) is 0 Å². The molecule has 1 fully saturated rings. The van der Waals surface area contributed by atoms with Crippen LogP contribution in [0.4, 0.5) is 0 Å². The van der Waals surface area contributed by atoms with Gasteiger partial charge in [-0.3, -0.25) is 9.59 Å². The Morgan fingerprint density at radius 3 is 3.00 bits per heavy atom. The van der Waals surface area contributed by atoms with E-state index in [0.717, 1.165) is 0 Å². The zero-order valence-corrected chi connectivity index (χ0v) is 8.10. The molecule has 1 aliphatic rings. The third kappa shape index (κ3) is 2.88. The van der Waals surface area contributed by atoms with Gasteiger partial charge in [-0.2, -0.15) is 0 Å². The normalized spacial score (nSPS) is 28.0. The number of cyclic esters (lactones) is 1. The number of alkyl halides is 1. The molecule has 0 radical (unpaired) electrons. The lowest BCUT2D eigenvalue weighted by Gasteiger charge is -2.31. The van der Waals surface area contributed by atoms with Crippen molar-refractivity contribution in [1.29, 1.82) is 0 Å². The molecule has 5 heteroatoms. The average Bonchev–Trinajstić information content (AvgIpc) is 2.02. The lowest BCUT2D eigenvalue weighted by molar-refractivity contribution is -0.173. The van der Waals surface area contributed by atoms with Gasteiger partial charge in [0.05, 0.1) is 13.0 Å². The second-order valence-corrected chi connectivity index (χ2v) is 3.47. The maximum atomic E-state index is 10.9. The van der Waals surface area contributed by atoms with Crippen LogP contribution in [0.3, 0.4) is 0 Å². The average molecular weight is 207 g/mol. The van der Waals surface area contributed by atoms with E-state index in [1.54, 1.807) is 6.92 Å². The Morgan fingerprint density at radius 1 is 1.77 bits per heavy atom. The van der Waals surface area contributed by atoms with E-state index in [1.807, 2.05) is 0 Å². The van der Waals surface area contributed by atoms with Crippen LogP contribution in [0.25, 0.3) is 0 Å². The van der Waals surface area contributed by atoms with Crippen molar-refractivity contribution in [2.45, 2.75) is 25.4 Å². The molecule has 1 heterocycles. The molecule has 1 rings (SSSR count). The highest BCUT2D eigenvalue weighted by atomic mass is 35.5. The number of hydrogen-bond donors (Lipinski definition) is 0. The van der Waals surface area contributed by atoms with E-state index in [-0.39, 0.29) is 18.3 Å². The second-order valence-electron chi connectivity index (χ2n) is 3.20. The summed E-state index contributed by atoms with van der Waals surface area (Å²) in [7, 11) is 0. The molecule has 0 aromatic carbocycles. The maximum Gasteiger partial charge on any atom is 0.321 e. The minimum atomic E-state index is -0.735. The van der Waals surface area contributed by atoms with E-state index >= 15 is 0 Å². The largest absolute Gasteiger partial charge is 0.465 e. The molecule has 0 aliphatic carbocycles. The van der Waals surface area contributed by atoms with Gasteiger partial charge in [0.1, 0.15) is 11.5 Å². The molecule has 0 aromatic rings. The maximum absolute atomic E-state index is 10.9. The van der Waals surface area contributed by atoms with Gasteiger partial charge in [0.25, 0.3) is 0 Å². The van der Waals surface area contributed by atoms with E-state index in [2.05, 4.69) is 0 Å². The molecule has 0 amide bonds. The molecule has 1 aliphatic heterocycles. The summed E-state index contributed by atoms with van der Waals surface area (Å²) in [6, 6.07) is 0. The fourth-order valence-corrected chi connectivity index (χ4v) is 1.27. The molecule has 74 valence electrons. The summed E-state index contributed by atoms with van der Waals surface area (Å²) in [5.74, 6) is -1.03. The Hall–Kier alpha value is -0.770.